The highest BCUT2D eigenvalue weighted by atomic mass is 32.2. The lowest BCUT2D eigenvalue weighted by Gasteiger charge is -2.42. The van der Waals surface area contributed by atoms with Gasteiger partial charge in [0.2, 0.25) is 0 Å². The maximum Gasteiger partial charge on any atom is 0.419 e. The third-order valence-electron chi connectivity index (χ3n) is 7.67. The second-order valence-corrected chi connectivity index (χ2v) is 11.9. The minimum absolute atomic E-state index is 0.115. The molecule has 7 nitrogen and oxygen atoms in total. The Labute approximate surface area is 233 Å². The van der Waals surface area contributed by atoms with E-state index in [1.807, 2.05) is 0 Å². The third kappa shape index (κ3) is 6.43. The van der Waals surface area contributed by atoms with Crippen molar-refractivity contribution in [1.82, 2.24) is 14.9 Å². The third-order valence-corrected chi connectivity index (χ3v) is 9.04. The van der Waals surface area contributed by atoms with E-state index in [4.69, 9.17) is 0 Å². The summed E-state index contributed by atoms with van der Waals surface area (Å²) in [5.74, 6) is -3.89. The van der Waals surface area contributed by atoms with Gasteiger partial charge in [-0.25, -0.2) is 31.6 Å². The van der Waals surface area contributed by atoms with Crippen molar-refractivity contribution in [3.05, 3.63) is 77.5 Å². The molecule has 3 atom stereocenters. The van der Waals surface area contributed by atoms with Crippen molar-refractivity contribution in [3.8, 4) is 0 Å². The molecule has 1 aliphatic carbocycles. The lowest BCUT2D eigenvalue weighted by Crippen LogP contribution is -2.49. The molecule has 1 saturated heterocycles. The molecule has 220 valence electrons. The molecule has 0 amide bonds. The van der Waals surface area contributed by atoms with Gasteiger partial charge in [-0.2, -0.15) is 13.2 Å². The molecule has 5 rings (SSSR count). The largest absolute Gasteiger partial charge is 0.419 e. The van der Waals surface area contributed by atoms with Gasteiger partial charge in [-0.1, -0.05) is 6.07 Å². The van der Waals surface area contributed by atoms with Crippen molar-refractivity contribution in [2.24, 2.45) is 0 Å². The molecule has 0 bridgehead atoms. The number of anilines is 2. The zero-order valence-electron chi connectivity index (χ0n) is 21.6. The van der Waals surface area contributed by atoms with Crippen LogP contribution in [-0.2, 0) is 16.2 Å². The maximum atomic E-state index is 15.2. The highest BCUT2D eigenvalue weighted by Crippen LogP contribution is 2.40. The van der Waals surface area contributed by atoms with Crippen LogP contribution in [0.25, 0.3) is 0 Å². The first-order valence-corrected chi connectivity index (χ1v) is 14.6. The van der Waals surface area contributed by atoms with Crippen LogP contribution in [0.15, 0.2) is 53.8 Å². The summed E-state index contributed by atoms with van der Waals surface area (Å²) in [6.07, 6.45) is 0.698. The minimum atomic E-state index is -4.82. The number of benzene rings is 2. The molecule has 0 spiro atoms. The van der Waals surface area contributed by atoms with Crippen LogP contribution in [-0.4, -0.2) is 48.5 Å². The van der Waals surface area contributed by atoms with Crippen molar-refractivity contribution >= 4 is 21.5 Å². The number of nitrogens with zero attached hydrogens (tertiary/aromatic N) is 3. The molecule has 41 heavy (non-hydrogen) atoms. The molecule has 2 fully saturated rings. The van der Waals surface area contributed by atoms with Gasteiger partial charge in [0.1, 0.15) is 34.5 Å². The van der Waals surface area contributed by atoms with E-state index in [1.54, 1.807) is 0 Å². The first-order valence-electron chi connectivity index (χ1n) is 13.1. The maximum absolute atomic E-state index is 15.2. The summed E-state index contributed by atoms with van der Waals surface area (Å²) in [4.78, 5) is 8.68. The van der Waals surface area contributed by atoms with Gasteiger partial charge in [-0.3, -0.25) is 9.62 Å². The molecule has 14 heteroatoms. The molecule has 1 aliphatic heterocycles. The van der Waals surface area contributed by atoms with Gasteiger partial charge in [-0.15, -0.1) is 0 Å². The molecule has 3 aromatic rings. The SMILES string of the molecule is O=S(=O)(Nc1ccncn1)c1cc(F)c(N[C@H]2CC[C@H](c3ccc(F)c(C(F)(F)F)c3)C[C@@H]2N2CCCC2)cc1F. The van der Waals surface area contributed by atoms with E-state index < -0.39 is 44.1 Å². The van der Waals surface area contributed by atoms with Crippen molar-refractivity contribution in [2.75, 3.05) is 23.1 Å². The summed E-state index contributed by atoms with van der Waals surface area (Å²) >= 11 is 0. The Kier molecular flexibility index (Phi) is 8.15. The van der Waals surface area contributed by atoms with Gasteiger partial charge < -0.3 is 5.32 Å². The van der Waals surface area contributed by atoms with Crippen molar-refractivity contribution in [3.63, 3.8) is 0 Å². The van der Waals surface area contributed by atoms with Gasteiger partial charge in [-0.05, 0) is 80.9 Å². The Bertz CT molecular complexity index is 1500. The van der Waals surface area contributed by atoms with E-state index in [1.165, 1.54) is 18.3 Å². The number of rotatable bonds is 7. The van der Waals surface area contributed by atoms with Gasteiger partial charge in [0, 0.05) is 24.3 Å². The van der Waals surface area contributed by atoms with E-state index in [0.29, 0.717) is 30.9 Å². The summed E-state index contributed by atoms with van der Waals surface area (Å²) in [6, 6.07) is 5.09. The molecule has 2 aliphatic rings. The fourth-order valence-corrected chi connectivity index (χ4v) is 6.78. The van der Waals surface area contributed by atoms with Crippen LogP contribution in [0.3, 0.4) is 0 Å². The fourth-order valence-electron chi connectivity index (χ4n) is 5.70. The van der Waals surface area contributed by atoms with E-state index in [2.05, 4.69) is 24.9 Å². The highest BCUT2D eigenvalue weighted by Gasteiger charge is 2.39. The van der Waals surface area contributed by atoms with E-state index in [-0.39, 0.29) is 29.5 Å². The predicted molar refractivity (Wildman–Crippen MR) is 139 cm³/mol. The molecule has 0 radical (unpaired) electrons. The zero-order valence-corrected chi connectivity index (χ0v) is 22.5. The minimum Gasteiger partial charge on any atom is -0.378 e. The van der Waals surface area contributed by atoms with Gasteiger partial charge in [0.05, 0.1) is 11.3 Å². The predicted octanol–water partition coefficient (Wildman–Crippen LogP) is 5.93. The molecule has 2 heterocycles. The molecule has 1 aromatic heterocycles. The van der Waals surface area contributed by atoms with E-state index in [9.17, 15) is 26.0 Å². The number of aromatic nitrogens is 2. The first kappa shape index (κ1) is 29.1. The smallest absolute Gasteiger partial charge is 0.378 e. The number of halogens is 6. The van der Waals surface area contributed by atoms with Crippen LogP contribution in [0.5, 0.6) is 0 Å². The normalized spacial score (nSPS) is 22.0. The lowest BCUT2D eigenvalue weighted by molar-refractivity contribution is -0.140. The number of likely N-dealkylation sites (tertiary alicyclic amines) is 1. The van der Waals surface area contributed by atoms with Crippen LogP contribution < -0.4 is 10.0 Å². The van der Waals surface area contributed by atoms with Crippen molar-refractivity contribution in [2.45, 2.75) is 61.2 Å². The Balaban J connectivity index is 1.37. The summed E-state index contributed by atoms with van der Waals surface area (Å²) < 4.78 is 112. The zero-order chi connectivity index (χ0) is 29.4. The van der Waals surface area contributed by atoms with Crippen LogP contribution in [0.2, 0.25) is 0 Å². The molecule has 0 unspecified atom stereocenters. The molecular formula is C27H27F6N5O2S. The molecular weight excluding hydrogens is 572 g/mol. The summed E-state index contributed by atoms with van der Waals surface area (Å²) in [7, 11) is -4.49. The Hall–Kier alpha value is -3.39. The van der Waals surface area contributed by atoms with Crippen LogP contribution in [0, 0.1) is 17.5 Å². The number of sulfonamides is 1. The van der Waals surface area contributed by atoms with Crippen molar-refractivity contribution < 1.29 is 34.8 Å². The quantitative estimate of drug-likeness (QED) is 0.328. The summed E-state index contributed by atoms with van der Waals surface area (Å²) in [6.45, 7) is 1.49. The Morgan fingerprint density at radius 2 is 1.68 bits per heavy atom. The van der Waals surface area contributed by atoms with Crippen LogP contribution in [0.1, 0.15) is 49.1 Å². The number of hydrogen-bond donors (Lipinski definition) is 2. The van der Waals surface area contributed by atoms with Crippen LogP contribution in [0.4, 0.5) is 37.8 Å². The topological polar surface area (TPSA) is 87.2 Å². The Morgan fingerprint density at radius 3 is 2.37 bits per heavy atom. The number of nitrogens with one attached hydrogen (secondary N) is 2. The second kappa shape index (κ2) is 11.5. The number of hydrogen-bond acceptors (Lipinski definition) is 6. The highest BCUT2D eigenvalue weighted by molar-refractivity contribution is 7.92. The molecule has 2 aromatic carbocycles. The van der Waals surface area contributed by atoms with Crippen LogP contribution >= 0.6 is 0 Å². The second-order valence-electron chi connectivity index (χ2n) is 10.3. The van der Waals surface area contributed by atoms with E-state index in [0.717, 1.165) is 50.5 Å². The number of alkyl halides is 3. The van der Waals surface area contributed by atoms with Gasteiger partial charge >= 0.3 is 6.18 Å². The van der Waals surface area contributed by atoms with Gasteiger partial charge in [0.15, 0.2) is 0 Å². The summed E-state index contributed by atoms with van der Waals surface area (Å²) in [5.41, 5.74) is -1.16. The first-order chi connectivity index (χ1) is 19.4. The average molecular weight is 600 g/mol. The van der Waals surface area contributed by atoms with Crippen molar-refractivity contribution in [1.29, 1.82) is 0 Å². The lowest BCUT2D eigenvalue weighted by atomic mass is 9.77. The standard InChI is InChI=1S/C27H27F6N5O2S/c28-19-5-3-16(11-18(19)27(31,32)33)17-4-6-22(24(12-17)38-9-1-2-10-38)36-23-13-21(30)25(14-20(23)29)41(39,40)37-26-7-8-34-15-35-26/h3,5,7-8,11,13-15,17,22,24,36H,1-2,4,6,9-10,12H2,(H,34,35,37)/t17-,22-,24-/m0/s1. The van der Waals surface area contributed by atoms with Gasteiger partial charge in [0.25, 0.3) is 10.0 Å². The average Bonchev–Trinajstić information content (AvgIpc) is 3.46. The fraction of sp³-hybridized carbons (Fsp3) is 0.407. The molecule has 2 N–H and O–H groups in total. The Morgan fingerprint density at radius 1 is 0.927 bits per heavy atom. The monoisotopic (exact) mass is 599 g/mol. The summed E-state index contributed by atoms with van der Waals surface area (Å²) in [5, 5.41) is 3.03. The molecule has 1 saturated carbocycles. The van der Waals surface area contributed by atoms with E-state index >= 15 is 8.78 Å².